The second-order valence-corrected chi connectivity index (χ2v) is 4.01. The molecule has 9 nitrogen and oxygen atoms in total. The van der Waals surface area contributed by atoms with Crippen molar-refractivity contribution in [2.45, 2.75) is 13.5 Å². The van der Waals surface area contributed by atoms with Gasteiger partial charge >= 0.3 is 11.8 Å². The summed E-state index contributed by atoms with van der Waals surface area (Å²) < 4.78 is 7.98. The molecule has 0 bridgehead atoms. The lowest BCUT2D eigenvalue weighted by Crippen LogP contribution is -2.11. The van der Waals surface area contributed by atoms with Crippen molar-refractivity contribution in [1.82, 2.24) is 19.3 Å². The quantitative estimate of drug-likeness (QED) is 0.454. The van der Waals surface area contributed by atoms with Crippen LogP contribution in [0.1, 0.15) is 23.0 Å². The Morgan fingerprint density at radius 1 is 1.55 bits per heavy atom. The third-order valence-corrected chi connectivity index (χ3v) is 2.70. The molecule has 0 aliphatic heterocycles. The molecule has 0 amide bonds. The molecule has 2 aromatic rings. The largest absolute Gasteiger partial charge is 0.462 e. The lowest BCUT2D eigenvalue weighted by atomic mass is 10.2. The second kappa shape index (κ2) is 5.51. The van der Waals surface area contributed by atoms with Crippen LogP contribution in [0.4, 0.5) is 5.82 Å². The summed E-state index contributed by atoms with van der Waals surface area (Å²) in [7, 11) is 1.68. The fourth-order valence-electron chi connectivity index (χ4n) is 1.73. The van der Waals surface area contributed by atoms with Gasteiger partial charge in [-0.3, -0.25) is 4.68 Å². The maximum absolute atomic E-state index is 11.8. The average Bonchev–Trinajstić information content (AvgIpc) is 2.99. The molecule has 0 aliphatic rings. The van der Waals surface area contributed by atoms with E-state index in [1.54, 1.807) is 14.0 Å². The van der Waals surface area contributed by atoms with Gasteiger partial charge < -0.3 is 19.4 Å². The van der Waals surface area contributed by atoms with Gasteiger partial charge in [-0.1, -0.05) is 0 Å². The lowest BCUT2D eigenvalue weighted by molar-refractivity contribution is -0.389. The molecule has 0 atom stereocenters. The summed E-state index contributed by atoms with van der Waals surface area (Å²) in [5.74, 6) is -0.713. The van der Waals surface area contributed by atoms with Gasteiger partial charge in [-0.25, -0.2) is 4.79 Å². The molecule has 2 aromatic heterocycles. The highest BCUT2D eigenvalue weighted by Crippen LogP contribution is 2.13. The molecule has 0 spiro atoms. The van der Waals surface area contributed by atoms with E-state index in [4.69, 9.17) is 4.74 Å². The van der Waals surface area contributed by atoms with Crippen molar-refractivity contribution < 1.29 is 14.5 Å². The van der Waals surface area contributed by atoms with Gasteiger partial charge in [0.05, 0.1) is 25.0 Å². The zero-order chi connectivity index (χ0) is 14.7. The second-order valence-electron chi connectivity index (χ2n) is 4.01. The number of hydrogen-bond acceptors (Lipinski definition) is 6. The summed E-state index contributed by atoms with van der Waals surface area (Å²) in [4.78, 5) is 25.4. The first-order chi connectivity index (χ1) is 9.52. The highest BCUT2D eigenvalue weighted by Gasteiger charge is 2.19. The molecular formula is C11H13N5O4. The molecule has 0 fully saturated rings. The summed E-state index contributed by atoms with van der Waals surface area (Å²) in [5, 5.41) is 14.6. The normalized spacial score (nSPS) is 10.5. The maximum atomic E-state index is 11.8. The number of hydrogen-bond donors (Lipinski definition) is 0. The Morgan fingerprint density at radius 2 is 2.30 bits per heavy atom. The molecule has 2 heterocycles. The zero-order valence-electron chi connectivity index (χ0n) is 11.0. The molecule has 0 radical (unpaired) electrons. The summed E-state index contributed by atoms with van der Waals surface area (Å²) in [5.41, 5.74) is 0.932. The van der Waals surface area contributed by atoms with Crippen molar-refractivity contribution in [3.8, 4) is 0 Å². The first-order valence-corrected chi connectivity index (χ1v) is 5.87. The van der Waals surface area contributed by atoms with Gasteiger partial charge in [0, 0.05) is 7.05 Å². The first-order valence-electron chi connectivity index (χ1n) is 5.87. The van der Waals surface area contributed by atoms with E-state index in [1.807, 2.05) is 0 Å². The molecular weight excluding hydrogens is 266 g/mol. The minimum Gasteiger partial charge on any atom is -0.462 e. The maximum Gasteiger partial charge on any atom is 0.381 e. The molecule has 0 aliphatic carbocycles. The molecule has 0 aromatic carbocycles. The van der Waals surface area contributed by atoms with Gasteiger partial charge in [-0.05, 0) is 16.8 Å². The Kier molecular flexibility index (Phi) is 3.78. The Hall–Kier alpha value is -2.71. The number of ether oxygens (including phenoxy) is 1. The lowest BCUT2D eigenvalue weighted by Gasteiger charge is -2.05. The van der Waals surface area contributed by atoms with E-state index in [0.717, 1.165) is 0 Å². The van der Waals surface area contributed by atoms with Crippen LogP contribution < -0.4 is 0 Å². The van der Waals surface area contributed by atoms with Gasteiger partial charge in [-0.2, -0.15) is 5.10 Å². The Bertz CT molecular complexity index is 645. The first kappa shape index (κ1) is 13.7. The van der Waals surface area contributed by atoms with E-state index in [-0.39, 0.29) is 19.0 Å². The molecule has 20 heavy (non-hydrogen) atoms. The number of imidazole rings is 1. The number of rotatable bonds is 5. The van der Waals surface area contributed by atoms with E-state index in [9.17, 15) is 14.9 Å². The van der Waals surface area contributed by atoms with Crippen molar-refractivity contribution in [1.29, 1.82) is 0 Å². The van der Waals surface area contributed by atoms with E-state index in [2.05, 4.69) is 10.1 Å². The molecule has 0 unspecified atom stereocenters. The van der Waals surface area contributed by atoms with Gasteiger partial charge in [0.2, 0.25) is 6.33 Å². The minimum absolute atomic E-state index is 0.242. The van der Waals surface area contributed by atoms with Crippen molar-refractivity contribution in [3.05, 3.63) is 40.1 Å². The van der Waals surface area contributed by atoms with Crippen LogP contribution in [0.15, 0.2) is 18.7 Å². The molecule has 0 N–H and O–H groups in total. The Labute approximate surface area is 113 Å². The predicted octanol–water partition coefficient (Wildman–Crippen LogP) is 0.750. The van der Waals surface area contributed by atoms with Crippen LogP contribution in [0.2, 0.25) is 0 Å². The summed E-state index contributed by atoms with van der Waals surface area (Å²) in [6.45, 7) is 2.22. The molecule has 106 valence electrons. The summed E-state index contributed by atoms with van der Waals surface area (Å²) in [6, 6.07) is 0. The van der Waals surface area contributed by atoms with Crippen LogP contribution >= 0.6 is 0 Å². The van der Waals surface area contributed by atoms with Crippen molar-refractivity contribution in [3.63, 3.8) is 0 Å². The summed E-state index contributed by atoms with van der Waals surface area (Å²) in [6.07, 6.45) is 4.04. The molecule has 9 heteroatoms. The smallest absolute Gasteiger partial charge is 0.381 e. The van der Waals surface area contributed by atoms with Crippen molar-refractivity contribution in [2.75, 3.05) is 6.61 Å². The number of nitrogens with zero attached hydrogens (tertiary/aromatic N) is 5. The number of nitro groups is 1. The minimum atomic E-state index is -0.577. The predicted molar refractivity (Wildman–Crippen MR) is 67.1 cm³/mol. The fourth-order valence-corrected chi connectivity index (χ4v) is 1.73. The van der Waals surface area contributed by atoms with Crippen LogP contribution in [0, 0.1) is 10.1 Å². The van der Waals surface area contributed by atoms with Gasteiger partial charge in [0.15, 0.2) is 0 Å². The van der Waals surface area contributed by atoms with Gasteiger partial charge in [0.25, 0.3) is 0 Å². The van der Waals surface area contributed by atoms with Crippen molar-refractivity contribution >= 4 is 11.8 Å². The van der Waals surface area contributed by atoms with Gasteiger partial charge in [-0.15, -0.1) is 0 Å². The molecule has 2 rings (SSSR count). The number of aryl methyl sites for hydroxylation is 1. The van der Waals surface area contributed by atoms with Crippen LogP contribution in [0.5, 0.6) is 0 Å². The number of carbonyl (C=O) groups excluding carboxylic acids is 1. The monoisotopic (exact) mass is 279 g/mol. The average molecular weight is 279 g/mol. The van der Waals surface area contributed by atoms with E-state index in [1.165, 1.54) is 28.0 Å². The fraction of sp³-hybridized carbons (Fsp3) is 0.364. The van der Waals surface area contributed by atoms with Crippen LogP contribution in [0.3, 0.4) is 0 Å². The standard InChI is InChI=1S/C11H13N5O4/c1-3-20-11(17)8-4-13-14(2)9(8)5-15-6-10(12-7-15)16(18)19/h4,6-7H,3,5H2,1-2H3. The zero-order valence-corrected chi connectivity index (χ0v) is 11.0. The van der Waals surface area contributed by atoms with E-state index < -0.39 is 10.9 Å². The highest BCUT2D eigenvalue weighted by molar-refractivity contribution is 5.90. The van der Waals surface area contributed by atoms with Crippen LogP contribution in [0.25, 0.3) is 0 Å². The SMILES string of the molecule is CCOC(=O)c1cnn(C)c1Cn1cnc([N+](=O)[O-])c1. The van der Waals surface area contributed by atoms with E-state index in [0.29, 0.717) is 11.3 Å². The number of esters is 1. The third kappa shape index (κ3) is 2.66. The Balaban J connectivity index is 2.26. The van der Waals surface area contributed by atoms with Crippen LogP contribution in [-0.4, -0.2) is 36.8 Å². The number of aromatic nitrogens is 4. The molecule has 0 saturated carbocycles. The van der Waals surface area contributed by atoms with Crippen LogP contribution in [-0.2, 0) is 18.3 Å². The highest BCUT2D eigenvalue weighted by atomic mass is 16.6. The molecule has 0 saturated heterocycles. The summed E-state index contributed by atoms with van der Waals surface area (Å²) >= 11 is 0. The topological polar surface area (TPSA) is 105 Å². The number of carbonyl (C=O) groups is 1. The van der Waals surface area contributed by atoms with E-state index >= 15 is 0 Å². The Morgan fingerprint density at radius 3 is 2.90 bits per heavy atom. The van der Waals surface area contributed by atoms with Gasteiger partial charge in [0.1, 0.15) is 11.8 Å². The third-order valence-electron chi connectivity index (χ3n) is 2.70. The van der Waals surface area contributed by atoms with Crippen molar-refractivity contribution in [2.24, 2.45) is 7.05 Å².